The summed E-state index contributed by atoms with van der Waals surface area (Å²) < 4.78 is 11.6. The molecule has 0 saturated heterocycles. The lowest BCUT2D eigenvalue weighted by Crippen LogP contribution is -2.32. The highest BCUT2D eigenvalue weighted by molar-refractivity contribution is 6.32. The molecule has 30 heavy (non-hydrogen) atoms. The zero-order valence-electron chi connectivity index (χ0n) is 16.1. The Morgan fingerprint density at radius 1 is 1.33 bits per heavy atom. The molecule has 1 atom stereocenters. The van der Waals surface area contributed by atoms with Gasteiger partial charge in [-0.05, 0) is 43.7 Å². The standard InChI is InChI=1S/C20H18ClN3O6/c1-3-29-16-9-12(8-14(21)17(16)30-11(2)19(26)27)10-22-24-18(25)13-6-4-5-7-15(13)23-20(24)28/h4-11H,3H2,1-2H3,(H,23,28)(H,26,27). The summed E-state index contributed by atoms with van der Waals surface area (Å²) in [7, 11) is 0. The van der Waals surface area contributed by atoms with Crippen molar-refractivity contribution in [2.75, 3.05) is 6.61 Å². The molecular formula is C20H18ClN3O6. The summed E-state index contributed by atoms with van der Waals surface area (Å²) in [6.45, 7) is 3.38. The van der Waals surface area contributed by atoms with Crippen molar-refractivity contribution in [3.8, 4) is 11.5 Å². The molecule has 9 nitrogen and oxygen atoms in total. The number of hydrogen-bond donors (Lipinski definition) is 2. The maximum Gasteiger partial charge on any atom is 0.349 e. The van der Waals surface area contributed by atoms with Crippen molar-refractivity contribution in [1.29, 1.82) is 0 Å². The molecule has 0 radical (unpaired) electrons. The smallest absolute Gasteiger partial charge is 0.349 e. The van der Waals surface area contributed by atoms with Gasteiger partial charge < -0.3 is 19.6 Å². The lowest BCUT2D eigenvalue weighted by Gasteiger charge is -2.16. The van der Waals surface area contributed by atoms with Crippen LogP contribution < -0.4 is 20.7 Å². The van der Waals surface area contributed by atoms with E-state index < -0.39 is 23.3 Å². The number of benzene rings is 2. The van der Waals surface area contributed by atoms with E-state index in [0.29, 0.717) is 21.1 Å². The molecule has 2 N–H and O–H groups in total. The monoisotopic (exact) mass is 431 g/mol. The zero-order valence-corrected chi connectivity index (χ0v) is 16.8. The number of fused-ring (bicyclic) bond motifs is 1. The highest BCUT2D eigenvalue weighted by atomic mass is 35.5. The molecule has 1 unspecified atom stereocenters. The van der Waals surface area contributed by atoms with Crippen molar-refractivity contribution in [2.24, 2.45) is 5.10 Å². The predicted octanol–water partition coefficient (Wildman–Crippen LogP) is 2.48. The van der Waals surface area contributed by atoms with Crippen LogP contribution in [0, 0.1) is 0 Å². The highest BCUT2D eigenvalue weighted by Gasteiger charge is 2.19. The second-order valence-electron chi connectivity index (χ2n) is 6.20. The topological polar surface area (TPSA) is 123 Å². The summed E-state index contributed by atoms with van der Waals surface area (Å²) in [5.41, 5.74) is -0.439. The minimum atomic E-state index is -1.16. The number of aromatic nitrogens is 2. The van der Waals surface area contributed by atoms with Gasteiger partial charge in [-0.3, -0.25) is 4.79 Å². The van der Waals surface area contributed by atoms with Crippen molar-refractivity contribution >= 4 is 34.7 Å². The van der Waals surface area contributed by atoms with Crippen LogP contribution in [0.5, 0.6) is 11.5 Å². The maximum absolute atomic E-state index is 12.5. The van der Waals surface area contributed by atoms with Crippen molar-refractivity contribution in [1.82, 2.24) is 9.66 Å². The molecule has 2 aromatic carbocycles. The van der Waals surface area contributed by atoms with Gasteiger partial charge in [-0.1, -0.05) is 23.7 Å². The van der Waals surface area contributed by atoms with Crippen molar-refractivity contribution in [2.45, 2.75) is 20.0 Å². The van der Waals surface area contributed by atoms with Crippen LogP contribution in [0.2, 0.25) is 5.02 Å². The molecule has 3 aromatic rings. The molecule has 1 aromatic heterocycles. The van der Waals surface area contributed by atoms with Gasteiger partial charge in [-0.2, -0.15) is 5.10 Å². The van der Waals surface area contributed by atoms with Gasteiger partial charge in [-0.25, -0.2) is 9.59 Å². The lowest BCUT2D eigenvalue weighted by atomic mass is 10.2. The van der Waals surface area contributed by atoms with Crippen LogP contribution in [0.3, 0.4) is 0 Å². The van der Waals surface area contributed by atoms with E-state index in [4.69, 9.17) is 26.2 Å². The van der Waals surface area contributed by atoms with Gasteiger partial charge >= 0.3 is 11.7 Å². The molecule has 0 aliphatic carbocycles. The molecule has 0 amide bonds. The van der Waals surface area contributed by atoms with Gasteiger partial charge in [0, 0.05) is 0 Å². The number of carbonyl (C=O) groups is 1. The van der Waals surface area contributed by atoms with Crippen LogP contribution in [0.1, 0.15) is 19.4 Å². The average molecular weight is 432 g/mol. The summed E-state index contributed by atoms with van der Waals surface area (Å²) in [4.78, 5) is 38.4. The second-order valence-corrected chi connectivity index (χ2v) is 6.61. The van der Waals surface area contributed by atoms with Gasteiger partial charge in [0.05, 0.1) is 28.7 Å². The first-order valence-electron chi connectivity index (χ1n) is 8.96. The minimum absolute atomic E-state index is 0.0753. The fourth-order valence-corrected chi connectivity index (χ4v) is 2.91. The van der Waals surface area contributed by atoms with E-state index in [9.17, 15) is 14.4 Å². The molecular weight excluding hydrogens is 414 g/mol. The number of hydrogen-bond acceptors (Lipinski definition) is 6. The Morgan fingerprint density at radius 2 is 2.07 bits per heavy atom. The van der Waals surface area contributed by atoms with Crippen molar-refractivity contribution in [3.05, 3.63) is 67.8 Å². The third-order valence-electron chi connectivity index (χ3n) is 4.08. The Kier molecular flexibility index (Phi) is 6.22. The van der Waals surface area contributed by atoms with E-state index >= 15 is 0 Å². The number of halogens is 1. The second kappa shape index (κ2) is 8.83. The van der Waals surface area contributed by atoms with Gasteiger partial charge in [0.15, 0.2) is 17.6 Å². The Bertz CT molecular complexity index is 1250. The van der Waals surface area contributed by atoms with Crippen LogP contribution in [0.25, 0.3) is 10.9 Å². The highest BCUT2D eigenvalue weighted by Crippen LogP contribution is 2.37. The van der Waals surface area contributed by atoms with Gasteiger partial charge in [0.1, 0.15) is 0 Å². The molecule has 0 bridgehead atoms. The summed E-state index contributed by atoms with van der Waals surface area (Å²) >= 11 is 6.25. The van der Waals surface area contributed by atoms with Crippen LogP contribution in [-0.4, -0.2) is 39.7 Å². The van der Waals surface area contributed by atoms with Crippen molar-refractivity contribution in [3.63, 3.8) is 0 Å². The van der Waals surface area contributed by atoms with Gasteiger partial charge in [0.25, 0.3) is 5.56 Å². The molecule has 0 aliphatic heterocycles. The summed E-state index contributed by atoms with van der Waals surface area (Å²) in [5.74, 6) is -0.875. The average Bonchev–Trinajstić information content (AvgIpc) is 2.70. The number of aliphatic carboxylic acids is 1. The van der Waals surface area contributed by atoms with E-state index in [-0.39, 0.29) is 23.1 Å². The first-order valence-corrected chi connectivity index (χ1v) is 9.33. The summed E-state index contributed by atoms with van der Waals surface area (Å²) in [6, 6.07) is 9.57. The third kappa shape index (κ3) is 4.36. The number of nitrogens with zero attached hydrogens (tertiary/aromatic N) is 2. The van der Waals surface area contributed by atoms with Gasteiger partial charge in [-0.15, -0.1) is 4.68 Å². The molecule has 0 aliphatic rings. The number of rotatable bonds is 7. The minimum Gasteiger partial charge on any atom is -0.490 e. The zero-order chi connectivity index (χ0) is 21.8. The third-order valence-corrected chi connectivity index (χ3v) is 4.36. The van der Waals surface area contributed by atoms with E-state index in [2.05, 4.69) is 10.1 Å². The fraction of sp³-hybridized carbons (Fsp3) is 0.200. The number of carboxylic acid groups (broad SMARTS) is 1. The number of carboxylic acids is 1. The predicted molar refractivity (Wildman–Crippen MR) is 112 cm³/mol. The summed E-state index contributed by atoms with van der Waals surface area (Å²) in [5, 5.41) is 13.4. The number of ether oxygens (including phenoxy) is 2. The van der Waals surface area contributed by atoms with Crippen molar-refractivity contribution < 1.29 is 19.4 Å². The van der Waals surface area contributed by atoms with Gasteiger partial charge in [0.2, 0.25) is 0 Å². The Balaban J connectivity index is 2.02. The molecule has 0 saturated carbocycles. The van der Waals surface area contributed by atoms with Crippen LogP contribution >= 0.6 is 11.6 Å². The summed E-state index contributed by atoms with van der Waals surface area (Å²) in [6.07, 6.45) is 0.125. The molecule has 3 rings (SSSR count). The molecule has 0 spiro atoms. The normalized spacial score (nSPS) is 12.2. The van der Waals surface area contributed by atoms with E-state index in [1.54, 1.807) is 31.2 Å². The lowest BCUT2D eigenvalue weighted by molar-refractivity contribution is -0.144. The quantitative estimate of drug-likeness (QED) is 0.554. The first-order chi connectivity index (χ1) is 14.3. The fourth-order valence-electron chi connectivity index (χ4n) is 2.65. The Morgan fingerprint density at radius 3 is 2.77 bits per heavy atom. The van der Waals surface area contributed by atoms with E-state index in [1.807, 2.05) is 0 Å². The molecule has 156 valence electrons. The van der Waals surface area contributed by atoms with Crippen LogP contribution in [0.15, 0.2) is 51.1 Å². The number of aromatic amines is 1. The number of H-pyrrole nitrogens is 1. The van der Waals surface area contributed by atoms with E-state index in [1.165, 1.54) is 25.3 Å². The van der Waals surface area contributed by atoms with Crippen LogP contribution in [-0.2, 0) is 4.79 Å². The number of para-hydroxylation sites is 1. The number of nitrogens with one attached hydrogen (secondary N) is 1. The SMILES string of the molecule is CCOc1cc(C=Nn2c(=O)[nH]c3ccccc3c2=O)cc(Cl)c1OC(C)C(=O)O. The van der Waals surface area contributed by atoms with E-state index in [0.717, 1.165) is 0 Å². The molecule has 1 heterocycles. The Labute approximate surface area is 175 Å². The molecule has 0 fully saturated rings. The first kappa shape index (κ1) is 21.1. The maximum atomic E-state index is 12.5. The largest absolute Gasteiger partial charge is 0.490 e. The Hall–Kier alpha value is -3.59. The molecule has 10 heteroatoms. The van der Waals surface area contributed by atoms with Crippen LogP contribution in [0.4, 0.5) is 0 Å².